The summed E-state index contributed by atoms with van der Waals surface area (Å²) in [5.74, 6) is 0.950. The van der Waals surface area contributed by atoms with E-state index in [2.05, 4.69) is 48.5 Å². The molecule has 0 fully saturated rings. The fraction of sp³-hybridized carbons (Fsp3) is 1.00. The summed E-state index contributed by atoms with van der Waals surface area (Å²) in [6.07, 6.45) is 2.69. The van der Waals surface area contributed by atoms with Crippen molar-refractivity contribution in [3.05, 3.63) is 0 Å². The lowest BCUT2D eigenvalue weighted by atomic mass is 9.80. The van der Waals surface area contributed by atoms with Gasteiger partial charge in [-0.1, -0.05) is 54.9 Å². The van der Waals surface area contributed by atoms with Crippen LogP contribution in [0.1, 0.15) is 67.7 Å². The van der Waals surface area contributed by atoms with Gasteiger partial charge in [-0.3, -0.25) is 0 Å². The maximum atomic E-state index is 12.1. The van der Waals surface area contributed by atoms with Gasteiger partial charge < -0.3 is 0 Å². The van der Waals surface area contributed by atoms with Crippen molar-refractivity contribution in [2.45, 2.75) is 67.7 Å². The first-order valence-electron chi connectivity index (χ1n) is 7.08. The van der Waals surface area contributed by atoms with Crippen LogP contribution in [0, 0.1) is 16.7 Å². The molecule has 0 spiro atoms. The highest BCUT2D eigenvalue weighted by Gasteiger charge is 2.28. The molecule has 18 heavy (non-hydrogen) atoms. The summed E-state index contributed by atoms with van der Waals surface area (Å²) in [6.45, 7) is 14.9. The van der Waals surface area contributed by atoms with Gasteiger partial charge in [0.1, 0.15) is 0 Å². The first kappa shape index (κ1) is 17.9. The van der Waals surface area contributed by atoms with Gasteiger partial charge in [0.25, 0.3) is 0 Å². The summed E-state index contributed by atoms with van der Waals surface area (Å²) < 4.78 is 24.3. The van der Waals surface area contributed by atoms with Crippen molar-refractivity contribution in [3.8, 4) is 0 Å². The van der Waals surface area contributed by atoms with Gasteiger partial charge in [-0.25, -0.2) is 8.42 Å². The molecule has 110 valence electrons. The van der Waals surface area contributed by atoms with Crippen LogP contribution in [-0.4, -0.2) is 19.9 Å². The highest BCUT2D eigenvalue weighted by Crippen LogP contribution is 2.30. The fourth-order valence-electron chi connectivity index (χ4n) is 2.19. The normalized spacial score (nSPS) is 15.7. The van der Waals surface area contributed by atoms with Crippen LogP contribution >= 0.6 is 0 Å². The van der Waals surface area contributed by atoms with E-state index in [0.29, 0.717) is 11.5 Å². The van der Waals surface area contributed by atoms with Crippen LogP contribution in [0.5, 0.6) is 0 Å². The van der Waals surface area contributed by atoms with Crippen LogP contribution in [0.3, 0.4) is 0 Å². The molecule has 0 radical (unpaired) electrons. The SMILES string of the molecule is CC[C@@H](CS(=O)(=O)CCCC(C)(C)C)C(C)(C)C. The van der Waals surface area contributed by atoms with E-state index < -0.39 is 9.84 Å². The molecule has 0 heterocycles. The third-order valence-corrected chi connectivity index (χ3v) is 5.38. The molecular weight excluding hydrogens is 244 g/mol. The second kappa shape index (κ2) is 6.40. The predicted octanol–water partition coefficient (Wildman–Crippen LogP) is 4.30. The summed E-state index contributed by atoms with van der Waals surface area (Å²) in [5, 5.41) is 0. The Morgan fingerprint density at radius 1 is 1.00 bits per heavy atom. The second-order valence-corrected chi connectivity index (χ2v) is 9.98. The third kappa shape index (κ3) is 8.12. The zero-order valence-corrected chi connectivity index (χ0v) is 14.2. The van der Waals surface area contributed by atoms with Gasteiger partial charge in [0.2, 0.25) is 0 Å². The van der Waals surface area contributed by atoms with Gasteiger partial charge in [0, 0.05) is 0 Å². The molecule has 0 bridgehead atoms. The standard InChI is InChI=1S/C15H32O2S/c1-8-13(15(5,6)7)12-18(16,17)11-9-10-14(2,3)4/h13H,8-12H2,1-7H3/t13-/m0/s1. The molecular formula is C15H32O2S. The Labute approximate surface area is 114 Å². The molecule has 0 N–H and O–H groups in total. The molecule has 0 aromatic heterocycles. The number of hydrogen-bond acceptors (Lipinski definition) is 2. The smallest absolute Gasteiger partial charge is 0.150 e. The van der Waals surface area contributed by atoms with Crippen molar-refractivity contribution in [1.29, 1.82) is 0 Å². The molecule has 2 nitrogen and oxygen atoms in total. The maximum Gasteiger partial charge on any atom is 0.150 e. The summed E-state index contributed by atoms with van der Waals surface area (Å²) in [4.78, 5) is 0. The molecule has 0 amide bonds. The molecule has 0 rings (SSSR count). The molecule has 0 aliphatic rings. The van der Waals surface area contributed by atoms with Crippen LogP contribution in [-0.2, 0) is 9.84 Å². The number of hydrogen-bond donors (Lipinski definition) is 0. The minimum Gasteiger partial charge on any atom is -0.229 e. The molecule has 0 saturated carbocycles. The number of rotatable bonds is 6. The van der Waals surface area contributed by atoms with E-state index in [1.165, 1.54) is 0 Å². The summed E-state index contributed by atoms with van der Waals surface area (Å²) in [6, 6.07) is 0. The van der Waals surface area contributed by atoms with Gasteiger partial charge in [-0.2, -0.15) is 0 Å². The second-order valence-electron chi connectivity index (χ2n) is 7.75. The maximum absolute atomic E-state index is 12.1. The molecule has 0 unspecified atom stereocenters. The van der Waals surface area contributed by atoms with Crippen molar-refractivity contribution >= 4 is 9.84 Å². The molecule has 0 aromatic rings. The Hall–Kier alpha value is -0.0500. The zero-order chi connectivity index (χ0) is 14.6. The van der Waals surface area contributed by atoms with E-state index in [-0.39, 0.29) is 16.7 Å². The minimum atomic E-state index is -2.90. The fourth-order valence-corrected chi connectivity index (χ4v) is 4.29. The van der Waals surface area contributed by atoms with Crippen LogP contribution in [0.15, 0.2) is 0 Å². The van der Waals surface area contributed by atoms with Crippen LogP contribution in [0.25, 0.3) is 0 Å². The first-order valence-corrected chi connectivity index (χ1v) is 8.90. The summed E-state index contributed by atoms with van der Waals surface area (Å²) in [5.41, 5.74) is 0.301. The Kier molecular flexibility index (Phi) is 6.39. The molecule has 0 aliphatic carbocycles. The minimum absolute atomic E-state index is 0.0752. The Bertz CT molecular complexity index is 328. The van der Waals surface area contributed by atoms with Crippen molar-refractivity contribution in [1.82, 2.24) is 0 Å². The molecule has 0 aliphatic heterocycles. The third-order valence-electron chi connectivity index (χ3n) is 3.55. The summed E-state index contributed by atoms with van der Waals surface area (Å²) >= 11 is 0. The van der Waals surface area contributed by atoms with Gasteiger partial charge in [-0.05, 0) is 29.6 Å². The quantitative estimate of drug-likeness (QED) is 0.725. The van der Waals surface area contributed by atoms with Crippen molar-refractivity contribution in [2.75, 3.05) is 11.5 Å². The van der Waals surface area contributed by atoms with E-state index in [0.717, 1.165) is 19.3 Å². The van der Waals surface area contributed by atoms with Gasteiger partial charge >= 0.3 is 0 Å². The van der Waals surface area contributed by atoms with E-state index in [9.17, 15) is 8.42 Å². The van der Waals surface area contributed by atoms with E-state index >= 15 is 0 Å². The van der Waals surface area contributed by atoms with Gasteiger partial charge in [0.15, 0.2) is 9.84 Å². The van der Waals surface area contributed by atoms with Crippen molar-refractivity contribution in [3.63, 3.8) is 0 Å². The molecule has 1 atom stereocenters. The molecule has 0 saturated heterocycles. The van der Waals surface area contributed by atoms with Gasteiger partial charge in [-0.15, -0.1) is 0 Å². The monoisotopic (exact) mass is 276 g/mol. The number of sulfone groups is 1. The Morgan fingerprint density at radius 2 is 1.50 bits per heavy atom. The lowest BCUT2D eigenvalue weighted by Crippen LogP contribution is -2.29. The highest BCUT2D eigenvalue weighted by atomic mass is 32.2. The topological polar surface area (TPSA) is 34.1 Å². The highest BCUT2D eigenvalue weighted by molar-refractivity contribution is 7.91. The van der Waals surface area contributed by atoms with E-state index in [4.69, 9.17) is 0 Å². The average molecular weight is 276 g/mol. The lowest BCUT2D eigenvalue weighted by Gasteiger charge is -2.29. The largest absolute Gasteiger partial charge is 0.229 e. The van der Waals surface area contributed by atoms with Crippen LogP contribution in [0.2, 0.25) is 0 Å². The van der Waals surface area contributed by atoms with Gasteiger partial charge in [0.05, 0.1) is 11.5 Å². The molecule has 3 heteroatoms. The van der Waals surface area contributed by atoms with Crippen molar-refractivity contribution < 1.29 is 8.42 Å². The zero-order valence-electron chi connectivity index (χ0n) is 13.3. The molecule has 0 aromatic carbocycles. The Morgan fingerprint density at radius 3 is 1.83 bits per heavy atom. The predicted molar refractivity (Wildman–Crippen MR) is 80.6 cm³/mol. The van der Waals surface area contributed by atoms with E-state index in [1.807, 2.05) is 0 Å². The average Bonchev–Trinajstić information content (AvgIpc) is 2.09. The van der Waals surface area contributed by atoms with Crippen molar-refractivity contribution in [2.24, 2.45) is 16.7 Å². The lowest BCUT2D eigenvalue weighted by molar-refractivity contribution is 0.256. The first-order chi connectivity index (χ1) is 7.87. The van der Waals surface area contributed by atoms with E-state index in [1.54, 1.807) is 0 Å². The summed E-state index contributed by atoms with van der Waals surface area (Å²) in [7, 11) is -2.90. The van der Waals surface area contributed by atoms with Crippen LogP contribution < -0.4 is 0 Å². The Balaban J connectivity index is 4.39. The van der Waals surface area contributed by atoms with Crippen LogP contribution in [0.4, 0.5) is 0 Å².